The lowest BCUT2D eigenvalue weighted by Gasteiger charge is -2.29. The Labute approximate surface area is 219 Å². The van der Waals surface area contributed by atoms with E-state index in [1.807, 2.05) is 48.5 Å². The fourth-order valence-corrected chi connectivity index (χ4v) is 4.97. The highest BCUT2D eigenvalue weighted by molar-refractivity contribution is 6.30. The summed E-state index contributed by atoms with van der Waals surface area (Å²) in [6, 6.07) is 18.0. The highest BCUT2D eigenvalue weighted by atomic mass is 35.5. The third-order valence-corrected chi connectivity index (χ3v) is 6.91. The third kappa shape index (κ3) is 5.20. The van der Waals surface area contributed by atoms with Crippen LogP contribution in [0.4, 0.5) is 0 Å². The van der Waals surface area contributed by atoms with Crippen molar-refractivity contribution in [2.45, 2.75) is 25.3 Å². The minimum Gasteiger partial charge on any atom is -0.452 e. The summed E-state index contributed by atoms with van der Waals surface area (Å²) < 4.78 is 5.31. The minimum absolute atomic E-state index is 0.0245. The van der Waals surface area contributed by atoms with E-state index in [1.54, 1.807) is 18.3 Å². The SMILES string of the molecule is O=C(OCC(=O)N1N=C2C(=Cc3ccc(Cl)cc3)CCCC2C1c1ccc(Cl)cc1)c1cccnc1. The van der Waals surface area contributed by atoms with Crippen LogP contribution in [0.15, 0.2) is 83.7 Å². The van der Waals surface area contributed by atoms with Crippen molar-refractivity contribution in [2.75, 3.05) is 6.61 Å². The number of hydrazone groups is 1. The molecule has 36 heavy (non-hydrogen) atoms. The van der Waals surface area contributed by atoms with Crippen LogP contribution in [-0.4, -0.2) is 34.2 Å². The van der Waals surface area contributed by atoms with Gasteiger partial charge in [-0.05, 0) is 78.4 Å². The summed E-state index contributed by atoms with van der Waals surface area (Å²) in [7, 11) is 0. The number of nitrogens with zero attached hydrogens (tertiary/aromatic N) is 3. The third-order valence-electron chi connectivity index (χ3n) is 6.40. The Morgan fingerprint density at radius 2 is 1.75 bits per heavy atom. The lowest BCUT2D eigenvalue weighted by molar-refractivity contribution is -0.137. The van der Waals surface area contributed by atoms with Crippen molar-refractivity contribution in [3.05, 3.63) is 105 Å². The molecule has 1 amide bonds. The molecule has 1 fully saturated rings. The van der Waals surface area contributed by atoms with Crippen LogP contribution in [0, 0.1) is 5.92 Å². The second-order valence-corrected chi connectivity index (χ2v) is 9.63. The average molecular weight is 520 g/mol. The maximum atomic E-state index is 13.3. The number of carbonyl (C=O) groups is 2. The van der Waals surface area contributed by atoms with Gasteiger partial charge in [-0.2, -0.15) is 5.10 Å². The summed E-state index contributed by atoms with van der Waals surface area (Å²) in [4.78, 5) is 29.6. The van der Waals surface area contributed by atoms with Crippen molar-refractivity contribution in [1.82, 2.24) is 9.99 Å². The molecule has 1 aliphatic carbocycles. The van der Waals surface area contributed by atoms with E-state index >= 15 is 0 Å². The van der Waals surface area contributed by atoms with Gasteiger partial charge in [0.1, 0.15) is 0 Å². The van der Waals surface area contributed by atoms with Gasteiger partial charge in [0.05, 0.1) is 17.3 Å². The molecule has 0 spiro atoms. The van der Waals surface area contributed by atoms with Gasteiger partial charge in [0.25, 0.3) is 5.91 Å². The zero-order chi connectivity index (χ0) is 25.1. The summed E-state index contributed by atoms with van der Waals surface area (Å²) in [5.41, 5.74) is 4.23. The van der Waals surface area contributed by atoms with Crippen LogP contribution >= 0.6 is 23.2 Å². The van der Waals surface area contributed by atoms with Crippen LogP contribution in [0.25, 0.3) is 6.08 Å². The quantitative estimate of drug-likeness (QED) is 0.367. The number of rotatable bonds is 5. The van der Waals surface area contributed by atoms with E-state index in [0.29, 0.717) is 10.0 Å². The average Bonchev–Trinajstić information content (AvgIpc) is 3.30. The molecule has 2 unspecified atom stereocenters. The van der Waals surface area contributed by atoms with E-state index in [1.165, 1.54) is 11.2 Å². The van der Waals surface area contributed by atoms with Crippen molar-refractivity contribution < 1.29 is 14.3 Å². The molecule has 2 atom stereocenters. The number of benzene rings is 2. The highest BCUT2D eigenvalue weighted by Gasteiger charge is 2.43. The lowest BCUT2D eigenvalue weighted by atomic mass is 9.77. The number of hydrogen-bond donors (Lipinski definition) is 0. The summed E-state index contributed by atoms with van der Waals surface area (Å²) in [5.74, 6) is -0.969. The van der Waals surface area contributed by atoms with Gasteiger partial charge in [-0.3, -0.25) is 9.78 Å². The molecule has 0 radical (unpaired) electrons. The van der Waals surface area contributed by atoms with Crippen LogP contribution in [0.2, 0.25) is 10.0 Å². The molecule has 5 rings (SSSR count). The van der Waals surface area contributed by atoms with E-state index in [-0.39, 0.29) is 23.4 Å². The molecule has 0 saturated heterocycles. The van der Waals surface area contributed by atoms with Gasteiger partial charge >= 0.3 is 5.97 Å². The monoisotopic (exact) mass is 519 g/mol. The predicted octanol–water partition coefficient (Wildman–Crippen LogP) is 6.37. The first kappa shape index (κ1) is 24.2. The Morgan fingerprint density at radius 1 is 1.03 bits per heavy atom. The lowest BCUT2D eigenvalue weighted by Crippen LogP contribution is -2.34. The van der Waals surface area contributed by atoms with Crippen LogP contribution < -0.4 is 0 Å². The second-order valence-electron chi connectivity index (χ2n) is 8.76. The van der Waals surface area contributed by atoms with Crippen LogP contribution in [0.5, 0.6) is 0 Å². The van der Waals surface area contributed by atoms with Crippen molar-refractivity contribution in [1.29, 1.82) is 0 Å². The van der Waals surface area contributed by atoms with Crippen molar-refractivity contribution in [3.8, 4) is 0 Å². The topological polar surface area (TPSA) is 71.9 Å². The molecule has 2 aliphatic rings. The number of halogens is 2. The van der Waals surface area contributed by atoms with Gasteiger partial charge < -0.3 is 4.74 Å². The maximum absolute atomic E-state index is 13.3. The fourth-order valence-electron chi connectivity index (χ4n) is 4.72. The molecule has 6 nitrogen and oxygen atoms in total. The maximum Gasteiger partial charge on any atom is 0.340 e. The molecule has 2 aromatic carbocycles. The van der Waals surface area contributed by atoms with Gasteiger partial charge in [-0.25, -0.2) is 9.80 Å². The number of hydrogen-bond acceptors (Lipinski definition) is 5. The molecule has 1 saturated carbocycles. The molecule has 0 bridgehead atoms. The molecule has 0 N–H and O–H groups in total. The predicted molar refractivity (Wildman–Crippen MR) is 140 cm³/mol. The largest absolute Gasteiger partial charge is 0.452 e. The van der Waals surface area contributed by atoms with E-state index in [2.05, 4.69) is 11.1 Å². The Bertz CT molecular complexity index is 1320. The number of pyridine rings is 1. The first-order valence-corrected chi connectivity index (χ1v) is 12.4. The minimum atomic E-state index is -0.605. The number of esters is 1. The first-order chi connectivity index (χ1) is 17.5. The van der Waals surface area contributed by atoms with Crippen LogP contribution in [0.3, 0.4) is 0 Å². The number of carbonyl (C=O) groups excluding carboxylic acids is 2. The van der Waals surface area contributed by atoms with Gasteiger partial charge in [0, 0.05) is 28.4 Å². The van der Waals surface area contributed by atoms with Crippen LogP contribution in [-0.2, 0) is 9.53 Å². The standard InChI is InChI=1S/C28H23Cl2N3O3/c29-22-10-6-18(7-11-22)15-20-3-1-5-24-26(20)32-33(27(24)19-8-12-23(30)13-9-19)25(34)17-36-28(35)21-4-2-14-31-16-21/h2,4,6-16,24,27H,1,3,5,17H2. The second kappa shape index (κ2) is 10.6. The van der Waals surface area contributed by atoms with E-state index in [4.69, 9.17) is 33.0 Å². The number of fused-ring (bicyclic) bond motifs is 1. The Morgan fingerprint density at radius 3 is 2.44 bits per heavy atom. The Balaban J connectivity index is 1.44. The molecule has 8 heteroatoms. The van der Waals surface area contributed by atoms with Gasteiger partial charge in [0.2, 0.25) is 0 Å². The number of amides is 1. The van der Waals surface area contributed by atoms with Crippen molar-refractivity contribution in [3.63, 3.8) is 0 Å². The van der Waals surface area contributed by atoms with E-state index < -0.39 is 12.6 Å². The van der Waals surface area contributed by atoms with Crippen molar-refractivity contribution >= 4 is 46.9 Å². The van der Waals surface area contributed by atoms with Gasteiger partial charge in [-0.1, -0.05) is 47.5 Å². The zero-order valence-corrected chi connectivity index (χ0v) is 20.8. The Hall–Kier alpha value is -3.48. The normalized spacial score (nSPS) is 20.1. The molecule has 1 aliphatic heterocycles. The summed E-state index contributed by atoms with van der Waals surface area (Å²) >= 11 is 12.2. The molecular weight excluding hydrogens is 497 g/mol. The summed E-state index contributed by atoms with van der Waals surface area (Å²) in [6.07, 6.45) is 7.81. The number of ether oxygens (including phenoxy) is 1. The molecular formula is C28H23Cl2N3O3. The zero-order valence-electron chi connectivity index (χ0n) is 19.3. The van der Waals surface area contributed by atoms with Crippen LogP contribution in [0.1, 0.15) is 46.8 Å². The molecule has 182 valence electrons. The number of allylic oxidation sites excluding steroid dienone is 1. The molecule has 1 aromatic heterocycles. The van der Waals surface area contributed by atoms with Gasteiger partial charge in [-0.15, -0.1) is 0 Å². The Kier molecular flexibility index (Phi) is 7.16. The first-order valence-electron chi connectivity index (χ1n) is 11.7. The fraction of sp³-hybridized carbons (Fsp3) is 0.214. The number of aromatic nitrogens is 1. The molecule has 2 heterocycles. The highest BCUT2D eigenvalue weighted by Crippen LogP contribution is 2.44. The molecule has 3 aromatic rings. The van der Waals surface area contributed by atoms with Gasteiger partial charge in [0.15, 0.2) is 6.61 Å². The smallest absolute Gasteiger partial charge is 0.340 e. The summed E-state index contributed by atoms with van der Waals surface area (Å²) in [5, 5.41) is 7.58. The summed E-state index contributed by atoms with van der Waals surface area (Å²) in [6.45, 7) is -0.419. The van der Waals surface area contributed by atoms with E-state index in [0.717, 1.165) is 41.7 Å². The van der Waals surface area contributed by atoms with E-state index in [9.17, 15) is 9.59 Å². The van der Waals surface area contributed by atoms with Crippen molar-refractivity contribution in [2.24, 2.45) is 11.0 Å².